The van der Waals surface area contributed by atoms with Gasteiger partial charge in [0.05, 0.1) is 13.2 Å². The van der Waals surface area contributed by atoms with Gasteiger partial charge < -0.3 is 4.74 Å². The van der Waals surface area contributed by atoms with Crippen molar-refractivity contribution in [3.8, 4) is 0 Å². The Hall–Kier alpha value is 0.650. The molecule has 1 unspecified atom stereocenters. The van der Waals surface area contributed by atoms with Crippen molar-refractivity contribution in [1.82, 2.24) is 4.90 Å². The highest BCUT2D eigenvalue weighted by molar-refractivity contribution is 14.1. The molecule has 1 saturated heterocycles. The van der Waals surface area contributed by atoms with Crippen molar-refractivity contribution in [3.63, 3.8) is 0 Å². The van der Waals surface area contributed by atoms with Crippen LogP contribution < -0.4 is 0 Å². The number of hydrogen-bond donors (Lipinski definition) is 0. The molecule has 0 aromatic rings. The maximum absolute atomic E-state index is 5.35. The Morgan fingerprint density at radius 1 is 1.64 bits per heavy atom. The molecule has 0 saturated carbocycles. The first-order valence-corrected chi connectivity index (χ1v) is 5.75. The van der Waals surface area contributed by atoms with Crippen molar-refractivity contribution in [2.45, 2.75) is 19.4 Å². The van der Waals surface area contributed by atoms with Crippen molar-refractivity contribution < 1.29 is 4.74 Å². The minimum Gasteiger partial charge on any atom is -0.379 e. The van der Waals surface area contributed by atoms with Crippen molar-refractivity contribution in [3.05, 3.63) is 0 Å². The van der Waals surface area contributed by atoms with E-state index in [9.17, 15) is 0 Å². The molecule has 0 aromatic carbocycles. The molecule has 66 valence electrons. The predicted molar refractivity (Wildman–Crippen MR) is 55.4 cm³/mol. The molecule has 0 N–H and O–H groups in total. The number of alkyl halides is 1. The van der Waals surface area contributed by atoms with Crippen LogP contribution in [0.3, 0.4) is 0 Å². The number of hydrogen-bond acceptors (Lipinski definition) is 2. The molecule has 0 amide bonds. The maximum atomic E-state index is 5.35. The number of halogens is 1. The summed E-state index contributed by atoms with van der Waals surface area (Å²) in [5.41, 5.74) is 0. The molecule has 3 heteroatoms. The lowest BCUT2D eigenvalue weighted by molar-refractivity contribution is 0.000115. The van der Waals surface area contributed by atoms with Crippen LogP contribution in [0.15, 0.2) is 0 Å². The van der Waals surface area contributed by atoms with Crippen LogP contribution >= 0.6 is 22.6 Å². The van der Waals surface area contributed by atoms with E-state index in [1.54, 1.807) is 0 Å². The first-order chi connectivity index (χ1) is 5.34. The van der Waals surface area contributed by atoms with Crippen LogP contribution in [-0.4, -0.2) is 41.7 Å². The summed E-state index contributed by atoms with van der Waals surface area (Å²) in [5.74, 6) is 0. The van der Waals surface area contributed by atoms with Gasteiger partial charge in [0.2, 0.25) is 0 Å². The van der Waals surface area contributed by atoms with E-state index in [1.165, 1.54) is 17.4 Å². The van der Waals surface area contributed by atoms with Crippen molar-refractivity contribution in [1.29, 1.82) is 0 Å². The molecule has 0 radical (unpaired) electrons. The Balaban J connectivity index is 2.18. The minimum absolute atomic E-state index is 0.631. The van der Waals surface area contributed by atoms with Crippen molar-refractivity contribution >= 4 is 22.6 Å². The van der Waals surface area contributed by atoms with Crippen LogP contribution in [0.25, 0.3) is 0 Å². The SMILES string of the molecule is CC1COCCN1CCCI. The first kappa shape index (κ1) is 9.74. The summed E-state index contributed by atoms with van der Waals surface area (Å²) in [5, 5.41) is 0. The smallest absolute Gasteiger partial charge is 0.0619 e. The fraction of sp³-hybridized carbons (Fsp3) is 1.00. The third-order valence-electron chi connectivity index (χ3n) is 2.08. The van der Waals surface area contributed by atoms with E-state index in [4.69, 9.17) is 4.74 Å². The van der Waals surface area contributed by atoms with Crippen LogP contribution in [-0.2, 0) is 4.74 Å². The molecule has 0 bridgehead atoms. The Kier molecular flexibility index (Phi) is 4.71. The Morgan fingerprint density at radius 2 is 2.45 bits per heavy atom. The first-order valence-electron chi connectivity index (χ1n) is 4.22. The second-order valence-corrected chi connectivity index (χ2v) is 4.08. The Morgan fingerprint density at radius 3 is 3.09 bits per heavy atom. The molecule has 1 rings (SSSR count). The second kappa shape index (κ2) is 5.32. The van der Waals surface area contributed by atoms with Gasteiger partial charge in [0.15, 0.2) is 0 Å². The topological polar surface area (TPSA) is 12.5 Å². The Bertz CT molecular complexity index is 110. The summed E-state index contributed by atoms with van der Waals surface area (Å²) >= 11 is 2.43. The van der Waals surface area contributed by atoms with Gasteiger partial charge in [0.1, 0.15) is 0 Å². The maximum Gasteiger partial charge on any atom is 0.0619 e. The van der Waals surface area contributed by atoms with Crippen LogP contribution in [0.4, 0.5) is 0 Å². The second-order valence-electron chi connectivity index (χ2n) is 3.00. The largest absolute Gasteiger partial charge is 0.379 e. The molecule has 0 spiro atoms. The standard InChI is InChI=1S/C8H16INO/c1-8-7-11-6-5-10(8)4-2-3-9/h8H,2-7H2,1H3. The summed E-state index contributed by atoms with van der Waals surface area (Å²) in [6.07, 6.45) is 1.31. The van der Waals surface area contributed by atoms with E-state index in [0.717, 1.165) is 19.8 Å². The quantitative estimate of drug-likeness (QED) is 0.569. The van der Waals surface area contributed by atoms with Gasteiger partial charge in [-0.1, -0.05) is 22.6 Å². The van der Waals surface area contributed by atoms with Crippen LogP contribution in [0, 0.1) is 0 Å². The number of nitrogens with zero attached hydrogens (tertiary/aromatic N) is 1. The van der Waals surface area contributed by atoms with Gasteiger partial charge >= 0.3 is 0 Å². The third kappa shape index (κ3) is 3.25. The van der Waals surface area contributed by atoms with E-state index in [0.29, 0.717) is 6.04 Å². The monoisotopic (exact) mass is 269 g/mol. The van der Waals surface area contributed by atoms with Gasteiger partial charge in [-0.2, -0.15) is 0 Å². The predicted octanol–water partition coefficient (Wildman–Crippen LogP) is 1.53. The number of morpholine rings is 1. The fourth-order valence-electron chi connectivity index (χ4n) is 1.36. The molecule has 11 heavy (non-hydrogen) atoms. The number of rotatable bonds is 3. The highest BCUT2D eigenvalue weighted by Gasteiger charge is 2.17. The van der Waals surface area contributed by atoms with E-state index in [1.807, 2.05) is 0 Å². The molecule has 0 aromatic heterocycles. The minimum atomic E-state index is 0.631. The van der Waals surface area contributed by atoms with E-state index in [2.05, 4.69) is 34.4 Å². The summed E-state index contributed by atoms with van der Waals surface area (Å²) in [4.78, 5) is 2.52. The Labute approximate surface area is 82.4 Å². The van der Waals surface area contributed by atoms with Gasteiger partial charge in [-0.3, -0.25) is 4.90 Å². The van der Waals surface area contributed by atoms with E-state index < -0.39 is 0 Å². The van der Waals surface area contributed by atoms with Crippen LogP contribution in [0.1, 0.15) is 13.3 Å². The highest BCUT2D eigenvalue weighted by atomic mass is 127. The van der Waals surface area contributed by atoms with Gasteiger partial charge in [-0.05, 0) is 19.9 Å². The van der Waals surface area contributed by atoms with E-state index in [-0.39, 0.29) is 0 Å². The number of ether oxygens (including phenoxy) is 1. The average Bonchev–Trinajstić information content (AvgIpc) is 2.03. The zero-order valence-corrected chi connectivity index (χ0v) is 9.21. The zero-order chi connectivity index (χ0) is 8.10. The van der Waals surface area contributed by atoms with Gasteiger partial charge in [-0.15, -0.1) is 0 Å². The third-order valence-corrected chi connectivity index (χ3v) is 2.85. The average molecular weight is 269 g/mol. The van der Waals surface area contributed by atoms with Gasteiger partial charge in [0, 0.05) is 17.0 Å². The zero-order valence-electron chi connectivity index (χ0n) is 7.05. The summed E-state index contributed by atoms with van der Waals surface area (Å²) in [6.45, 7) is 6.45. The molecular formula is C8H16INO. The lowest BCUT2D eigenvalue weighted by Crippen LogP contribution is -2.44. The van der Waals surface area contributed by atoms with E-state index >= 15 is 0 Å². The molecule has 1 atom stereocenters. The molecular weight excluding hydrogens is 253 g/mol. The van der Waals surface area contributed by atoms with Crippen LogP contribution in [0.2, 0.25) is 0 Å². The molecule has 1 heterocycles. The lowest BCUT2D eigenvalue weighted by Gasteiger charge is -2.32. The molecule has 1 fully saturated rings. The molecule has 1 aliphatic heterocycles. The summed E-state index contributed by atoms with van der Waals surface area (Å²) in [6, 6.07) is 0.631. The van der Waals surface area contributed by atoms with Gasteiger partial charge in [-0.25, -0.2) is 0 Å². The molecule has 2 nitrogen and oxygen atoms in total. The summed E-state index contributed by atoms with van der Waals surface area (Å²) < 4.78 is 6.61. The molecule has 0 aliphatic carbocycles. The fourth-order valence-corrected chi connectivity index (χ4v) is 1.70. The van der Waals surface area contributed by atoms with Gasteiger partial charge in [0.25, 0.3) is 0 Å². The highest BCUT2D eigenvalue weighted by Crippen LogP contribution is 2.06. The van der Waals surface area contributed by atoms with Crippen molar-refractivity contribution in [2.24, 2.45) is 0 Å². The normalized spacial score (nSPS) is 27.3. The van der Waals surface area contributed by atoms with Crippen LogP contribution in [0.5, 0.6) is 0 Å². The molecule has 1 aliphatic rings. The lowest BCUT2D eigenvalue weighted by atomic mass is 10.2. The van der Waals surface area contributed by atoms with Crippen molar-refractivity contribution in [2.75, 3.05) is 30.7 Å². The summed E-state index contributed by atoms with van der Waals surface area (Å²) in [7, 11) is 0.